The number of imidazole rings is 2. The number of H-pyrrole nitrogens is 2. The Bertz CT molecular complexity index is 3220. The molecule has 6 aromatic rings. The number of nitrogens with zero attached hydrogens (tertiary/aromatic N) is 13. The topological polar surface area (TPSA) is 546 Å². The number of nitrogens with one attached hydrogen (secondary N) is 2. The molecule has 0 spiro atoms. The maximum absolute atomic E-state index is 11.7. The molecule has 17 N–H and O–H groups in total. The predicted molar refractivity (Wildman–Crippen MR) is 270 cm³/mol. The fourth-order valence-electron chi connectivity index (χ4n) is 7.33. The number of anilines is 3. The van der Waals surface area contributed by atoms with E-state index in [0.717, 1.165) is 0 Å². The van der Waals surface area contributed by atoms with E-state index in [4.69, 9.17) is 67.5 Å². The van der Waals surface area contributed by atoms with Crippen molar-refractivity contribution >= 4 is 57.6 Å². The minimum Gasteiger partial charge on any atom is -0.462 e. The lowest BCUT2D eigenvalue weighted by Crippen LogP contribution is -2.37. The third-order valence-corrected chi connectivity index (χ3v) is 12.6. The molecule has 9 rings (SSSR count). The van der Waals surface area contributed by atoms with Crippen LogP contribution in [-0.4, -0.2) is 176 Å². The highest BCUT2D eigenvalue weighted by Gasteiger charge is 2.44. The number of aromatic nitrogens is 12. The largest absolute Gasteiger partial charge is 0.462 e. The van der Waals surface area contributed by atoms with Crippen molar-refractivity contribution < 1.29 is 59.5 Å². The summed E-state index contributed by atoms with van der Waals surface area (Å²) in [5.74, 6) is 0.585. The molecule has 0 unspecified atom stereocenters. The minimum atomic E-state index is -1.19. The monoisotopic (exact) mass is 1110 g/mol. The maximum atomic E-state index is 11.7. The number of aromatic amines is 2. The highest BCUT2D eigenvalue weighted by atomic mass is 32.2. The van der Waals surface area contributed by atoms with E-state index in [1.54, 1.807) is 19.2 Å². The number of hydrogen-bond acceptors (Lipinski definition) is 27. The molecule has 0 aromatic carbocycles. The zero-order chi connectivity index (χ0) is 55.4. The van der Waals surface area contributed by atoms with Crippen LogP contribution >= 0.6 is 11.8 Å². The maximum Gasteiger partial charge on any atom is 0.351 e. The lowest BCUT2D eigenvalue weighted by Gasteiger charge is -2.16. The Morgan fingerprint density at radius 3 is 2.27 bits per heavy atom. The second-order valence-corrected chi connectivity index (χ2v) is 18.2. The quantitative estimate of drug-likeness (QED) is 0.0161. The molecule has 0 amide bonds. The van der Waals surface area contributed by atoms with Gasteiger partial charge >= 0.3 is 17.3 Å². The van der Waals surface area contributed by atoms with Crippen molar-refractivity contribution in [1.82, 2.24) is 58.1 Å². The van der Waals surface area contributed by atoms with Crippen LogP contribution in [0.25, 0.3) is 32.8 Å². The van der Waals surface area contributed by atoms with Crippen molar-refractivity contribution in [1.29, 1.82) is 0 Å². The van der Waals surface area contributed by atoms with Crippen molar-refractivity contribution in [3.8, 4) is 0 Å². The number of fused-ring (bicyclic) bond motifs is 2. The third kappa shape index (κ3) is 14.7. The molecular formula is C41H59N19O16S. The van der Waals surface area contributed by atoms with E-state index in [1.165, 1.54) is 55.2 Å². The van der Waals surface area contributed by atoms with E-state index >= 15 is 0 Å². The van der Waals surface area contributed by atoms with Crippen LogP contribution in [0.4, 0.5) is 17.6 Å². The molecule has 77 heavy (non-hydrogen) atoms. The van der Waals surface area contributed by atoms with Gasteiger partial charge in [0, 0.05) is 35.0 Å². The zero-order valence-electron chi connectivity index (χ0n) is 41.3. The SMILES string of the molecule is CC(C)[C@H](N)C(=O)OCCOCn1cnc2c(=O)[nH]c(N)nc21.Cc1cn([C@H]2C[C@H](N=[N+]=[N-])[C@@H](CO)O2)c(=O)[nH]c1=O.Nc1ccn([C@H]2CS[C@@H](CO)O2)c(=O)n1.Nc1ncnc2c1ncn2[C@@H]1O[C@H](CO)[C@@H](O)[C@@H]1O.O. The van der Waals surface area contributed by atoms with Crippen LogP contribution in [0, 0.1) is 12.8 Å². The summed E-state index contributed by atoms with van der Waals surface area (Å²) in [7, 11) is 0. The Balaban J connectivity index is 0.000000190. The van der Waals surface area contributed by atoms with Gasteiger partial charge in [-0.3, -0.25) is 42.6 Å². The first-order valence-corrected chi connectivity index (χ1v) is 24.0. The van der Waals surface area contributed by atoms with Gasteiger partial charge in [-0.25, -0.2) is 29.5 Å². The van der Waals surface area contributed by atoms with E-state index in [9.17, 15) is 34.2 Å². The lowest BCUT2D eigenvalue weighted by molar-refractivity contribution is -0.148. The second kappa shape index (κ2) is 27.6. The summed E-state index contributed by atoms with van der Waals surface area (Å²) in [6, 6.07) is 0.354. The van der Waals surface area contributed by atoms with Gasteiger partial charge in [0.25, 0.3) is 11.1 Å². The fraction of sp³-hybridized carbons (Fsp3) is 0.537. The molecule has 0 aliphatic carbocycles. The van der Waals surface area contributed by atoms with Crippen LogP contribution in [0.3, 0.4) is 0 Å². The van der Waals surface area contributed by atoms with Crippen molar-refractivity contribution in [2.24, 2.45) is 16.8 Å². The molecule has 0 bridgehead atoms. The van der Waals surface area contributed by atoms with Crippen molar-refractivity contribution in [2.45, 2.75) is 94.5 Å². The van der Waals surface area contributed by atoms with Gasteiger partial charge in [0.2, 0.25) is 5.95 Å². The molecule has 35 nitrogen and oxygen atoms in total. The number of aryl methyl sites for hydroxylation is 1. The fourth-order valence-corrected chi connectivity index (χ4v) is 8.26. The standard InChI is InChI=1S/C13H20N6O4.2C10H13N5O4.C8H11N3O3S.H2O/c1-7(2)8(14)12(21)23-4-3-22-6-19-5-16-9-10(19)17-13(15)18-11(9)20;11-8-5-9(13-2-12-8)15(3-14-5)10-7(18)6(17)4(1-16)19-10;1-5-3-15(10(18)12-9(5)17)8-2-6(13-14-11)7(4-16)19-8;9-5-1-2-11(8(13)10-5)6-4-15-7(3-12)14-6;/h5,7-8H,3-4,6,14H2,1-2H3,(H3,15,17,18,20);2-4,6-7,10,16-18H,1H2,(H2,11,12,13);3,6-8,16H,2,4H2,1H3,(H,12,17,18);1-2,6-7,12H,3-4H2,(H2,9,10,13);1H2/t8-;4-,6-,7+,10-;6-,7+,8+;6-,7+;/m0101./s1. The molecule has 3 fully saturated rings. The van der Waals surface area contributed by atoms with Gasteiger partial charge in [0.05, 0.1) is 51.2 Å². The van der Waals surface area contributed by atoms with Gasteiger partial charge in [0.1, 0.15) is 73.2 Å². The summed E-state index contributed by atoms with van der Waals surface area (Å²) in [6.45, 7) is 4.85. The van der Waals surface area contributed by atoms with Crippen LogP contribution in [0.2, 0.25) is 0 Å². The molecule has 10 atom stereocenters. The lowest BCUT2D eigenvalue weighted by atomic mass is 10.1. The molecule has 9 heterocycles. The Hall–Kier alpha value is -7.45. The van der Waals surface area contributed by atoms with Gasteiger partial charge in [-0.15, -0.1) is 11.8 Å². The van der Waals surface area contributed by atoms with Crippen LogP contribution in [0.5, 0.6) is 0 Å². The number of carbonyl (C=O) groups is 1. The summed E-state index contributed by atoms with van der Waals surface area (Å²) in [6.07, 6.45) is 1.51. The van der Waals surface area contributed by atoms with Gasteiger partial charge < -0.3 is 77.6 Å². The molecule has 3 aliphatic rings. The molecule has 0 radical (unpaired) electrons. The average molecular weight is 1110 g/mol. The smallest absolute Gasteiger partial charge is 0.351 e. The number of nitrogen functional groups attached to an aromatic ring is 3. The summed E-state index contributed by atoms with van der Waals surface area (Å²) >= 11 is 1.47. The van der Waals surface area contributed by atoms with Crippen LogP contribution in [0.15, 0.2) is 61.7 Å². The van der Waals surface area contributed by atoms with Crippen LogP contribution < -0.4 is 45.4 Å². The van der Waals surface area contributed by atoms with Crippen molar-refractivity contribution in [3.05, 3.63) is 95.1 Å². The summed E-state index contributed by atoms with van der Waals surface area (Å²) in [4.78, 5) is 88.3. The third-order valence-electron chi connectivity index (χ3n) is 11.4. The van der Waals surface area contributed by atoms with E-state index in [1.807, 2.05) is 13.8 Å². The number of carbonyl (C=O) groups excluding carboxylic acids is 1. The molecule has 0 saturated carbocycles. The number of esters is 1. The van der Waals surface area contributed by atoms with E-state index in [2.05, 4.69) is 49.9 Å². The van der Waals surface area contributed by atoms with Crippen LogP contribution in [-0.2, 0) is 35.2 Å². The van der Waals surface area contributed by atoms with Crippen molar-refractivity contribution in [2.75, 3.05) is 56.0 Å². The number of azide groups is 1. The molecule has 6 aromatic heterocycles. The minimum absolute atomic E-state index is 0. The number of thioether (sulfide) groups is 1. The molecule has 3 aliphatic heterocycles. The van der Waals surface area contributed by atoms with Gasteiger partial charge in [-0.05, 0) is 24.4 Å². The number of nitrogens with two attached hydrogens (primary N) is 4. The normalized spacial score (nSPS) is 22.9. The Kier molecular flexibility index (Phi) is 21.6. The van der Waals surface area contributed by atoms with Gasteiger partial charge in [-0.2, -0.15) is 9.97 Å². The molecule has 420 valence electrons. The van der Waals surface area contributed by atoms with Gasteiger partial charge in [0.15, 0.2) is 28.9 Å². The predicted octanol–water partition coefficient (Wildman–Crippen LogP) is -4.39. The average Bonchev–Trinajstić information content (AvgIpc) is 4.26. The summed E-state index contributed by atoms with van der Waals surface area (Å²) < 4.78 is 32.2. The number of ether oxygens (including phenoxy) is 5. The summed E-state index contributed by atoms with van der Waals surface area (Å²) in [5.41, 5.74) is 30.1. The number of aliphatic hydroxyl groups excluding tert-OH is 5. The van der Waals surface area contributed by atoms with Crippen LogP contribution in [0.1, 0.15) is 44.5 Å². The Morgan fingerprint density at radius 1 is 0.896 bits per heavy atom. The second-order valence-electron chi connectivity index (χ2n) is 17.0. The highest BCUT2D eigenvalue weighted by Crippen LogP contribution is 2.33. The molecular weight excluding hydrogens is 1050 g/mol. The molecule has 36 heteroatoms. The number of hydrogen-bond donors (Lipinski definition) is 11. The number of aliphatic hydroxyl groups is 5. The molecule has 3 saturated heterocycles. The summed E-state index contributed by atoms with van der Waals surface area (Å²) in [5, 5.41) is 50.3. The number of rotatable bonds is 14. The first kappa shape index (κ1) is 60.4. The van der Waals surface area contributed by atoms with Gasteiger partial charge in [-0.1, -0.05) is 19.0 Å². The van der Waals surface area contributed by atoms with Crippen molar-refractivity contribution in [3.63, 3.8) is 0 Å². The highest BCUT2D eigenvalue weighted by molar-refractivity contribution is 8.00. The Labute approximate surface area is 436 Å². The first-order valence-electron chi connectivity index (χ1n) is 22.9. The van der Waals surface area contributed by atoms with E-state index in [-0.39, 0.29) is 85.7 Å². The zero-order valence-corrected chi connectivity index (χ0v) is 42.1. The van der Waals surface area contributed by atoms with E-state index < -0.39 is 84.0 Å². The van der Waals surface area contributed by atoms with E-state index in [0.29, 0.717) is 28.1 Å². The first-order chi connectivity index (χ1) is 36.3. The Morgan fingerprint density at radius 2 is 1.62 bits per heavy atom.